The Morgan fingerprint density at radius 1 is 1.33 bits per heavy atom. The summed E-state index contributed by atoms with van der Waals surface area (Å²) in [7, 11) is 0. The molecule has 1 saturated heterocycles. The lowest BCUT2D eigenvalue weighted by molar-refractivity contribution is 0.145. The SMILES string of the molecule is CCc1ccccc1-n1ccc(C2OCCS2)c1. The van der Waals surface area contributed by atoms with E-state index in [2.05, 4.69) is 54.2 Å². The van der Waals surface area contributed by atoms with E-state index < -0.39 is 0 Å². The zero-order valence-corrected chi connectivity index (χ0v) is 11.3. The molecule has 1 unspecified atom stereocenters. The molecule has 3 heteroatoms. The summed E-state index contributed by atoms with van der Waals surface area (Å²) in [5.74, 6) is 1.10. The fourth-order valence-corrected chi connectivity index (χ4v) is 3.25. The van der Waals surface area contributed by atoms with E-state index in [1.54, 1.807) is 0 Å². The molecule has 0 spiro atoms. The lowest BCUT2D eigenvalue weighted by Crippen LogP contribution is -1.96. The Labute approximate surface area is 112 Å². The van der Waals surface area contributed by atoms with Gasteiger partial charge in [-0.05, 0) is 24.1 Å². The summed E-state index contributed by atoms with van der Waals surface area (Å²) >= 11 is 1.88. The molecule has 0 amide bonds. The zero-order valence-electron chi connectivity index (χ0n) is 10.5. The van der Waals surface area contributed by atoms with Crippen LogP contribution in [-0.2, 0) is 11.2 Å². The van der Waals surface area contributed by atoms with Gasteiger partial charge in [-0.25, -0.2) is 0 Å². The molecule has 2 nitrogen and oxygen atoms in total. The van der Waals surface area contributed by atoms with Gasteiger partial charge in [0.25, 0.3) is 0 Å². The molecule has 1 aromatic heterocycles. The van der Waals surface area contributed by atoms with Crippen LogP contribution >= 0.6 is 11.8 Å². The van der Waals surface area contributed by atoms with Crippen molar-refractivity contribution in [1.82, 2.24) is 4.57 Å². The van der Waals surface area contributed by atoms with Crippen LogP contribution in [0.15, 0.2) is 42.7 Å². The number of ether oxygens (including phenoxy) is 1. The van der Waals surface area contributed by atoms with E-state index in [0.717, 1.165) is 18.8 Å². The minimum atomic E-state index is 0.222. The van der Waals surface area contributed by atoms with Gasteiger partial charge in [-0.3, -0.25) is 0 Å². The molecule has 0 saturated carbocycles. The van der Waals surface area contributed by atoms with Crippen LogP contribution in [0.25, 0.3) is 5.69 Å². The Hall–Kier alpha value is -1.19. The zero-order chi connectivity index (χ0) is 12.4. The largest absolute Gasteiger partial charge is 0.362 e. The first-order valence-corrected chi connectivity index (χ1v) is 7.42. The number of rotatable bonds is 3. The van der Waals surface area contributed by atoms with Crippen molar-refractivity contribution in [2.45, 2.75) is 18.8 Å². The van der Waals surface area contributed by atoms with Gasteiger partial charge in [0, 0.05) is 29.4 Å². The van der Waals surface area contributed by atoms with Crippen LogP contribution in [0.3, 0.4) is 0 Å². The lowest BCUT2D eigenvalue weighted by Gasteiger charge is -2.09. The van der Waals surface area contributed by atoms with E-state index in [1.165, 1.54) is 16.8 Å². The van der Waals surface area contributed by atoms with Gasteiger partial charge >= 0.3 is 0 Å². The smallest absolute Gasteiger partial charge is 0.130 e. The van der Waals surface area contributed by atoms with E-state index in [-0.39, 0.29) is 5.44 Å². The maximum Gasteiger partial charge on any atom is 0.130 e. The average Bonchev–Trinajstić information content (AvgIpc) is 3.09. The van der Waals surface area contributed by atoms with Crippen molar-refractivity contribution in [2.24, 2.45) is 0 Å². The second kappa shape index (κ2) is 5.21. The number of hydrogen-bond donors (Lipinski definition) is 0. The number of thioether (sulfide) groups is 1. The normalized spacial score (nSPS) is 19.3. The molecule has 0 radical (unpaired) electrons. The van der Waals surface area contributed by atoms with E-state index >= 15 is 0 Å². The third kappa shape index (κ3) is 2.20. The monoisotopic (exact) mass is 259 g/mol. The highest BCUT2D eigenvalue weighted by Gasteiger charge is 2.19. The maximum atomic E-state index is 5.69. The summed E-state index contributed by atoms with van der Waals surface area (Å²) in [6.07, 6.45) is 5.38. The van der Waals surface area contributed by atoms with Crippen LogP contribution in [0.1, 0.15) is 23.5 Å². The summed E-state index contributed by atoms with van der Waals surface area (Å²) in [6.45, 7) is 3.06. The molecule has 1 aromatic carbocycles. The second-order valence-electron chi connectivity index (χ2n) is 4.41. The molecule has 94 valence electrons. The van der Waals surface area contributed by atoms with Crippen molar-refractivity contribution in [2.75, 3.05) is 12.4 Å². The number of para-hydroxylation sites is 1. The van der Waals surface area contributed by atoms with Crippen LogP contribution in [0.4, 0.5) is 0 Å². The van der Waals surface area contributed by atoms with Crippen LogP contribution in [0.5, 0.6) is 0 Å². The van der Waals surface area contributed by atoms with Crippen molar-refractivity contribution in [3.05, 3.63) is 53.9 Å². The number of hydrogen-bond acceptors (Lipinski definition) is 2. The van der Waals surface area contributed by atoms with Crippen molar-refractivity contribution < 1.29 is 4.74 Å². The summed E-state index contributed by atoms with van der Waals surface area (Å²) in [6, 6.07) is 10.7. The molecule has 1 aliphatic heterocycles. The van der Waals surface area contributed by atoms with Gasteiger partial charge in [0.15, 0.2) is 0 Å². The maximum absolute atomic E-state index is 5.69. The number of benzene rings is 1. The fourth-order valence-electron chi connectivity index (χ4n) is 2.31. The lowest BCUT2D eigenvalue weighted by atomic mass is 10.1. The van der Waals surface area contributed by atoms with Crippen LogP contribution in [0.2, 0.25) is 0 Å². The summed E-state index contributed by atoms with van der Waals surface area (Å²) < 4.78 is 7.90. The first kappa shape index (κ1) is 11.9. The Balaban J connectivity index is 1.92. The minimum Gasteiger partial charge on any atom is -0.362 e. The quantitative estimate of drug-likeness (QED) is 0.832. The van der Waals surface area contributed by atoms with Crippen LogP contribution < -0.4 is 0 Å². The van der Waals surface area contributed by atoms with Crippen molar-refractivity contribution in [3.8, 4) is 5.69 Å². The van der Waals surface area contributed by atoms with Gasteiger partial charge in [-0.1, -0.05) is 25.1 Å². The predicted molar refractivity (Wildman–Crippen MR) is 76.3 cm³/mol. The third-order valence-electron chi connectivity index (χ3n) is 3.26. The average molecular weight is 259 g/mol. The van der Waals surface area contributed by atoms with Crippen LogP contribution in [-0.4, -0.2) is 16.9 Å². The van der Waals surface area contributed by atoms with Crippen LogP contribution in [0, 0.1) is 0 Å². The minimum absolute atomic E-state index is 0.222. The molecule has 18 heavy (non-hydrogen) atoms. The summed E-state index contributed by atoms with van der Waals surface area (Å²) in [5, 5.41) is 0. The molecule has 0 bridgehead atoms. The van der Waals surface area contributed by atoms with Gasteiger partial charge in [0.05, 0.1) is 6.61 Å². The summed E-state index contributed by atoms with van der Waals surface area (Å²) in [5.41, 5.74) is 4.14. The van der Waals surface area contributed by atoms with Gasteiger partial charge in [0.2, 0.25) is 0 Å². The Bertz CT molecular complexity index is 529. The Morgan fingerprint density at radius 3 is 3.00 bits per heavy atom. The highest BCUT2D eigenvalue weighted by Crippen LogP contribution is 2.35. The van der Waals surface area contributed by atoms with Crippen molar-refractivity contribution >= 4 is 11.8 Å². The first-order chi connectivity index (χ1) is 8.88. The molecule has 1 aliphatic rings. The highest BCUT2D eigenvalue weighted by atomic mass is 32.2. The molecule has 1 atom stereocenters. The standard InChI is InChI=1S/C15H17NOS/c1-2-12-5-3-4-6-14(12)16-8-7-13(11-16)15-17-9-10-18-15/h3-8,11,15H,2,9-10H2,1H3. The number of aromatic nitrogens is 1. The van der Waals surface area contributed by atoms with E-state index in [9.17, 15) is 0 Å². The summed E-state index contributed by atoms with van der Waals surface area (Å²) in [4.78, 5) is 0. The Morgan fingerprint density at radius 2 is 2.22 bits per heavy atom. The van der Waals surface area contributed by atoms with Gasteiger partial charge in [-0.2, -0.15) is 0 Å². The molecule has 1 fully saturated rings. The molecule has 0 aliphatic carbocycles. The molecular weight excluding hydrogens is 242 g/mol. The molecular formula is C15H17NOS. The second-order valence-corrected chi connectivity index (χ2v) is 5.58. The number of aryl methyl sites for hydroxylation is 1. The van der Waals surface area contributed by atoms with E-state index in [4.69, 9.17) is 4.74 Å². The highest BCUT2D eigenvalue weighted by molar-refractivity contribution is 7.99. The van der Waals surface area contributed by atoms with Crippen molar-refractivity contribution in [3.63, 3.8) is 0 Å². The van der Waals surface area contributed by atoms with E-state index in [0.29, 0.717) is 0 Å². The molecule has 0 N–H and O–H groups in total. The molecule has 3 rings (SSSR count). The fraction of sp³-hybridized carbons (Fsp3) is 0.333. The topological polar surface area (TPSA) is 14.2 Å². The van der Waals surface area contributed by atoms with Gasteiger partial charge < -0.3 is 9.30 Å². The number of nitrogens with zero attached hydrogens (tertiary/aromatic N) is 1. The van der Waals surface area contributed by atoms with E-state index in [1.807, 2.05) is 11.8 Å². The Kier molecular flexibility index (Phi) is 3.43. The van der Waals surface area contributed by atoms with Gasteiger partial charge in [-0.15, -0.1) is 11.8 Å². The first-order valence-electron chi connectivity index (χ1n) is 6.38. The predicted octanol–water partition coefficient (Wildman–Crippen LogP) is 3.80. The van der Waals surface area contributed by atoms with Gasteiger partial charge in [0.1, 0.15) is 5.44 Å². The molecule has 2 aromatic rings. The third-order valence-corrected chi connectivity index (χ3v) is 4.37. The van der Waals surface area contributed by atoms with Crippen molar-refractivity contribution in [1.29, 1.82) is 0 Å². The molecule has 2 heterocycles.